The van der Waals surface area contributed by atoms with Gasteiger partial charge in [0.25, 0.3) is 0 Å². The normalized spacial score (nSPS) is 17.3. The van der Waals surface area contributed by atoms with Crippen LogP contribution in [-0.2, 0) is 6.54 Å². The Hall–Kier alpha value is -1.26. The molecule has 0 aliphatic heterocycles. The summed E-state index contributed by atoms with van der Waals surface area (Å²) >= 11 is 6.10. The van der Waals surface area contributed by atoms with Gasteiger partial charge in [-0.25, -0.2) is 10.8 Å². The number of nitrogens with zero attached hydrogens (tertiary/aromatic N) is 1. The van der Waals surface area contributed by atoms with Crippen molar-refractivity contribution in [3.05, 3.63) is 34.9 Å². The van der Waals surface area contributed by atoms with Gasteiger partial charge in [-0.1, -0.05) is 49.1 Å². The molecule has 1 aliphatic carbocycles. The van der Waals surface area contributed by atoms with Gasteiger partial charge in [0.2, 0.25) is 5.96 Å². The molecule has 0 bridgehead atoms. The van der Waals surface area contributed by atoms with E-state index < -0.39 is 0 Å². The smallest absolute Gasteiger partial charge is 0.206 e. The van der Waals surface area contributed by atoms with E-state index >= 15 is 0 Å². The average Bonchev–Trinajstić information content (AvgIpc) is 2.46. The van der Waals surface area contributed by atoms with Gasteiger partial charge < -0.3 is 5.32 Å². The van der Waals surface area contributed by atoms with E-state index in [1.165, 1.54) is 32.1 Å². The minimum Gasteiger partial charge on any atom is -0.353 e. The van der Waals surface area contributed by atoms with Crippen molar-refractivity contribution in [1.29, 1.82) is 0 Å². The first-order chi connectivity index (χ1) is 9.29. The zero-order valence-corrected chi connectivity index (χ0v) is 11.8. The van der Waals surface area contributed by atoms with Gasteiger partial charge in [0.1, 0.15) is 0 Å². The number of hydrogen-bond donors (Lipinski definition) is 3. The molecule has 0 spiro atoms. The number of benzene rings is 1. The molecule has 1 fully saturated rings. The van der Waals surface area contributed by atoms with Gasteiger partial charge >= 0.3 is 0 Å². The van der Waals surface area contributed by atoms with Gasteiger partial charge in [-0.3, -0.25) is 5.43 Å². The summed E-state index contributed by atoms with van der Waals surface area (Å²) in [6, 6.07) is 8.20. The molecule has 1 aromatic carbocycles. The van der Waals surface area contributed by atoms with Crippen LogP contribution in [0.5, 0.6) is 0 Å². The predicted octanol–water partition coefficient (Wildman–Crippen LogP) is 2.58. The fourth-order valence-electron chi connectivity index (χ4n) is 2.36. The third kappa shape index (κ3) is 4.40. The fourth-order valence-corrected chi connectivity index (χ4v) is 2.56. The van der Waals surface area contributed by atoms with Crippen molar-refractivity contribution in [2.45, 2.75) is 44.7 Å². The quantitative estimate of drug-likeness (QED) is 0.345. The van der Waals surface area contributed by atoms with E-state index in [0.717, 1.165) is 10.6 Å². The third-order valence-electron chi connectivity index (χ3n) is 3.45. The topological polar surface area (TPSA) is 62.4 Å². The summed E-state index contributed by atoms with van der Waals surface area (Å²) in [5.41, 5.74) is 3.64. The van der Waals surface area contributed by atoms with E-state index in [2.05, 4.69) is 15.7 Å². The maximum absolute atomic E-state index is 6.10. The molecule has 19 heavy (non-hydrogen) atoms. The molecule has 0 unspecified atom stereocenters. The minimum atomic E-state index is 0.481. The standard InChI is InChI=1S/C14H21ClN4/c15-13-9-5-4-6-11(13)10-17-14(19-16)18-12-7-2-1-3-8-12/h4-6,9,12H,1-3,7-8,10,16H2,(H2,17,18,19). The van der Waals surface area contributed by atoms with Crippen molar-refractivity contribution in [3.8, 4) is 0 Å². The summed E-state index contributed by atoms with van der Waals surface area (Å²) in [5.74, 6) is 6.16. The number of nitrogens with two attached hydrogens (primary N) is 1. The van der Waals surface area contributed by atoms with Crippen LogP contribution in [0.1, 0.15) is 37.7 Å². The highest BCUT2D eigenvalue weighted by molar-refractivity contribution is 6.31. The van der Waals surface area contributed by atoms with Gasteiger partial charge in [0.05, 0.1) is 6.54 Å². The molecule has 0 aromatic heterocycles. The Labute approximate surface area is 119 Å². The first-order valence-electron chi connectivity index (χ1n) is 6.80. The fraction of sp³-hybridized carbons (Fsp3) is 0.500. The zero-order chi connectivity index (χ0) is 13.5. The molecule has 1 saturated carbocycles. The molecule has 0 atom stereocenters. The van der Waals surface area contributed by atoms with Crippen molar-refractivity contribution in [3.63, 3.8) is 0 Å². The Bertz CT molecular complexity index is 427. The van der Waals surface area contributed by atoms with E-state index in [4.69, 9.17) is 17.4 Å². The van der Waals surface area contributed by atoms with Crippen LogP contribution in [0, 0.1) is 0 Å². The number of nitrogens with one attached hydrogen (secondary N) is 2. The number of hydrazine groups is 1. The van der Waals surface area contributed by atoms with Crippen LogP contribution < -0.4 is 16.6 Å². The molecule has 0 heterocycles. The highest BCUT2D eigenvalue weighted by Gasteiger charge is 2.14. The highest BCUT2D eigenvalue weighted by Crippen LogP contribution is 2.18. The Morgan fingerprint density at radius 2 is 2.00 bits per heavy atom. The number of aliphatic imine (C=N–C) groups is 1. The molecular weight excluding hydrogens is 260 g/mol. The minimum absolute atomic E-state index is 0.481. The van der Waals surface area contributed by atoms with Gasteiger partial charge in [-0.15, -0.1) is 0 Å². The van der Waals surface area contributed by atoms with Crippen molar-refractivity contribution in [2.24, 2.45) is 10.8 Å². The van der Waals surface area contributed by atoms with E-state index in [9.17, 15) is 0 Å². The van der Waals surface area contributed by atoms with Crippen LogP contribution in [0.15, 0.2) is 29.3 Å². The average molecular weight is 281 g/mol. The highest BCUT2D eigenvalue weighted by atomic mass is 35.5. The van der Waals surface area contributed by atoms with E-state index in [-0.39, 0.29) is 0 Å². The third-order valence-corrected chi connectivity index (χ3v) is 3.82. The number of halogens is 1. The lowest BCUT2D eigenvalue weighted by atomic mass is 9.96. The first kappa shape index (κ1) is 14.2. The van der Waals surface area contributed by atoms with Gasteiger partial charge in [-0.05, 0) is 24.5 Å². The Balaban J connectivity index is 1.93. The van der Waals surface area contributed by atoms with Gasteiger partial charge in [0.15, 0.2) is 0 Å². The molecular formula is C14H21ClN4. The largest absolute Gasteiger partial charge is 0.353 e. The summed E-state index contributed by atoms with van der Waals surface area (Å²) in [6.45, 7) is 0.527. The Morgan fingerprint density at radius 3 is 2.68 bits per heavy atom. The van der Waals surface area contributed by atoms with E-state index in [0.29, 0.717) is 18.5 Å². The first-order valence-corrected chi connectivity index (χ1v) is 7.18. The SMILES string of the molecule is NNC(=NCc1ccccc1Cl)NC1CCCCC1. The van der Waals surface area contributed by atoms with Crippen molar-refractivity contribution in [1.82, 2.24) is 10.7 Å². The second-order valence-electron chi connectivity index (χ2n) is 4.88. The van der Waals surface area contributed by atoms with E-state index in [1.54, 1.807) is 0 Å². The zero-order valence-electron chi connectivity index (χ0n) is 11.0. The summed E-state index contributed by atoms with van der Waals surface area (Å²) in [4.78, 5) is 4.45. The van der Waals surface area contributed by atoms with Crippen LogP contribution in [-0.4, -0.2) is 12.0 Å². The van der Waals surface area contributed by atoms with Crippen LogP contribution in [0.2, 0.25) is 5.02 Å². The second kappa shape index (κ2) is 7.36. The van der Waals surface area contributed by atoms with Crippen LogP contribution >= 0.6 is 11.6 Å². The van der Waals surface area contributed by atoms with E-state index in [1.807, 2.05) is 24.3 Å². The Kier molecular flexibility index (Phi) is 5.48. The molecule has 5 heteroatoms. The van der Waals surface area contributed by atoms with Crippen molar-refractivity contribution in [2.75, 3.05) is 0 Å². The Morgan fingerprint density at radius 1 is 1.26 bits per heavy atom. The summed E-state index contributed by atoms with van der Waals surface area (Å²) in [7, 11) is 0. The maximum Gasteiger partial charge on any atom is 0.206 e. The molecule has 4 nitrogen and oxygen atoms in total. The van der Waals surface area contributed by atoms with Crippen LogP contribution in [0.25, 0.3) is 0 Å². The summed E-state index contributed by atoms with van der Waals surface area (Å²) in [5, 5.41) is 4.10. The van der Waals surface area contributed by atoms with Gasteiger partial charge in [-0.2, -0.15) is 0 Å². The molecule has 1 aromatic rings. The molecule has 0 amide bonds. The predicted molar refractivity (Wildman–Crippen MR) is 79.9 cm³/mol. The molecule has 0 radical (unpaired) electrons. The molecule has 0 saturated heterocycles. The number of rotatable bonds is 3. The van der Waals surface area contributed by atoms with Crippen molar-refractivity contribution < 1.29 is 0 Å². The van der Waals surface area contributed by atoms with Crippen molar-refractivity contribution >= 4 is 17.6 Å². The summed E-state index contributed by atoms with van der Waals surface area (Å²) in [6.07, 6.45) is 6.26. The number of hydrogen-bond acceptors (Lipinski definition) is 2. The molecule has 1 aliphatic rings. The monoisotopic (exact) mass is 280 g/mol. The maximum atomic E-state index is 6.10. The van der Waals surface area contributed by atoms with Crippen LogP contribution in [0.4, 0.5) is 0 Å². The molecule has 4 N–H and O–H groups in total. The second-order valence-corrected chi connectivity index (χ2v) is 5.29. The molecule has 2 rings (SSSR count). The van der Waals surface area contributed by atoms with Crippen LogP contribution in [0.3, 0.4) is 0 Å². The molecule has 104 valence electrons. The lowest BCUT2D eigenvalue weighted by molar-refractivity contribution is 0.410. The van der Waals surface area contributed by atoms with Gasteiger partial charge in [0, 0.05) is 11.1 Å². The lowest BCUT2D eigenvalue weighted by Crippen LogP contribution is -2.47. The lowest BCUT2D eigenvalue weighted by Gasteiger charge is -2.24. The summed E-state index contributed by atoms with van der Waals surface area (Å²) < 4.78 is 0. The number of guanidine groups is 1.